The van der Waals surface area contributed by atoms with Gasteiger partial charge in [0.15, 0.2) is 0 Å². The molecule has 34 heavy (non-hydrogen) atoms. The van der Waals surface area contributed by atoms with Gasteiger partial charge in [0, 0.05) is 12.1 Å². The molecule has 2 N–H and O–H groups in total. The Kier molecular flexibility index (Phi) is 5.29. The number of hydrogen-bond acceptors (Lipinski definition) is 6. The SMILES string of the molecule is O=c1[nH]c2cccc(/C=N\O)c2c(=O)n1-c1cccc(S(=O)(=O)N2CCCc3ccccc32)c1. The summed E-state index contributed by atoms with van der Waals surface area (Å²) in [6.07, 6.45) is 2.58. The second-order valence-electron chi connectivity index (χ2n) is 7.89. The average molecular weight is 477 g/mol. The fourth-order valence-electron chi connectivity index (χ4n) is 4.35. The van der Waals surface area contributed by atoms with Crippen molar-refractivity contribution < 1.29 is 13.6 Å². The predicted molar refractivity (Wildman–Crippen MR) is 129 cm³/mol. The molecule has 3 aromatic carbocycles. The lowest BCUT2D eigenvalue weighted by molar-refractivity contribution is 0.322. The molecule has 1 aromatic heterocycles. The number of fused-ring (bicyclic) bond motifs is 2. The highest BCUT2D eigenvalue weighted by Crippen LogP contribution is 2.32. The average Bonchev–Trinajstić information content (AvgIpc) is 2.84. The third-order valence-corrected chi connectivity index (χ3v) is 7.70. The fraction of sp³-hybridized carbons (Fsp3) is 0.125. The van der Waals surface area contributed by atoms with E-state index in [4.69, 9.17) is 5.21 Å². The van der Waals surface area contributed by atoms with Crippen molar-refractivity contribution in [1.82, 2.24) is 9.55 Å². The molecule has 0 spiro atoms. The first-order chi connectivity index (χ1) is 16.4. The van der Waals surface area contributed by atoms with Gasteiger partial charge in [0.2, 0.25) is 0 Å². The van der Waals surface area contributed by atoms with E-state index < -0.39 is 21.3 Å². The van der Waals surface area contributed by atoms with Crippen molar-refractivity contribution in [2.45, 2.75) is 17.7 Å². The van der Waals surface area contributed by atoms with Crippen LogP contribution in [0.5, 0.6) is 0 Å². The van der Waals surface area contributed by atoms with Crippen LogP contribution in [-0.4, -0.2) is 35.9 Å². The summed E-state index contributed by atoms with van der Waals surface area (Å²) in [6.45, 7) is 0.337. The Balaban J connectivity index is 1.67. The maximum Gasteiger partial charge on any atom is 0.333 e. The normalized spacial score (nSPS) is 13.9. The number of para-hydroxylation sites is 1. The molecule has 2 heterocycles. The Labute approximate surface area is 194 Å². The van der Waals surface area contributed by atoms with Gasteiger partial charge in [-0.1, -0.05) is 41.6 Å². The second-order valence-corrected chi connectivity index (χ2v) is 9.75. The predicted octanol–water partition coefficient (Wildman–Crippen LogP) is 2.63. The van der Waals surface area contributed by atoms with Crippen molar-refractivity contribution in [3.8, 4) is 5.69 Å². The van der Waals surface area contributed by atoms with Crippen molar-refractivity contribution >= 4 is 32.8 Å². The largest absolute Gasteiger partial charge is 0.411 e. The van der Waals surface area contributed by atoms with E-state index in [0.29, 0.717) is 24.2 Å². The zero-order valence-electron chi connectivity index (χ0n) is 17.9. The summed E-state index contributed by atoms with van der Waals surface area (Å²) in [7, 11) is -3.94. The van der Waals surface area contributed by atoms with Crippen LogP contribution in [0.25, 0.3) is 16.6 Å². The first-order valence-corrected chi connectivity index (χ1v) is 12.0. The minimum absolute atomic E-state index is 0.0293. The van der Waals surface area contributed by atoms with Gasteiger partial charge in [0.1, 0.15) is 0 Å². The maximum absolute atomic E-state index is 13.6. The van der Waals surface area contributed by atoms with E-state index in [2.05, 4.69) is 10.1 Å². The topological polar surface area (TPSA) is 125 Å². The first-order valence-electron chi connectivity index (χ1n) is 10.6. The number of oxime groups is 1. The molecule has 0 atom stereocenters. The molecule has 1 aliphatic heterocycles. The third-order valence-electron chi connectivity index (χ3n) is 5.89. The summed E-state index contributed by atoms with van der Waals surface area (Å²) in [5.74, 6) is 0. The summed E-state index contributed by atoms with van der Waals surface area (Å²) in [4.78, 5) is 28.7. The number of hydrogen-bond donors (Lipinski definition) is 2. The van der Waals surface area contributed by atoms with Crippen LogP contribution in [0.3, 0.4) is 0 Å². The molecule has 1 aliphatic rings. The van der Waals surface area contributed by atoms with Crippen LogP contribution in [0.15, 0.2) is 86.4 Å². The number of aromatic nitrogens is 2. The lowest BCUT2D eigenvalue weighted by Gasteiger charge is -2.30. The fourth-order valence-corrected chi connectivity index (χ4v) is 5.93. The number of anilines is 1. The Morgan fingerprint density at radius 3 is 2.62 bits per heavy atom. The lowest BCUT2D eigenvalue weighted by atomic mass is 10.0. The molecular formula is C24H20N4O5S. The smallest absolute Gasteiger partial charge is 0.333 e. The van der Waals surface area contributed by atoms with E-state index in [0.717, 1.165) is 22.8 Å². The molecule has 0 unspecified atom stereocenters. The summed E-state index contributed by atoms with van der Waals surface area (Å²) in [5, 5.41) is 12.1. The quantitative estimate of drug-likeness (QED) is 0.266. The van der Waals surface area contributed by atoms with Gasteiger partial charge < -0.3 is 10.2 Å². The minimum Gasteiger partial charge on any atom is -0.411 e. The number of rotatable bonds is 4. The van der Waals surface area contributed by atoms with E-state index in [1.807, 2.05) is 12.1 Å². The first kappa shape index (κ1) is 21.7. The van der Waals surface area contributed by atoms with E-state index in [-0.39, 0.29) is 21.5 Å². The number of nitrogens with one attached hydrogen (secondary N) is 1. The molecule has 0 radical (unpaired) electrons. The number of benzene rings is 3. The van der Waals surface area contributed by atoms with Crippen LogP contribution in [0.2, 0.25) is 0 Å². The minimum atomic E-state index is -3.94. The highest BCUT2D eigenvalue weighted by molar-refractivity contribution is 7.92. The van der Waals surface area contributed by atoms with Crippen molar-refractivity contribution in [1.29, 1.82) is 0 Å². The Bertz CT molecular complexity index is 1670. The van der Waals surface area contributed by atoms with Gasteiger partial charge in [-0.3, -0.25) is 9.10 Å². The Morgan fingerprint density at radius 1 is 1.00 bits per heavy atom. The van der Waals surface area contributed by atoms with E-state index >= 15 is 0 Å². The monoisotopic (exact) mass is 476 g/mol. The van der Waals surface area contributed by atoms with Crippen molar-refractivity contribution in [3.63, 3.8) is 0 Å². The number of nitrogens with zero attached hydrogens (tertiary/aromatic N) is 3. The van der Waals surface area contributed by atoms with E-state index in [9.17, 15) is 18.0 Å². The van der Waals surface area contributed by atoms with Gasteiger partial charge in [-0.2, -0.15) is 0 Å². The summed E-state index contributed by atoms with van der Waals surface area (Å²) in [6, 6.07) is 17.9. The van der Waals surface area contributed by atoms with Gasteiger partial charge in [0.25, 0.3) is 15.6 Å². The Morgan fingerprint density at radius 2 is 1.79 bits per heavy atom. The molecule has 10 heteroatoms. The van der Waals surface area contributed by atoms with Crippen LogP contribution in [0.1, 0.15) is 17.5 Å². The highest BCUT2D eigenvalue weighted by Gasteiger charge is 2.29. The van der Waals surface area contributed by atoms with Gasteiger partial charge in [-0.15, -0.1) is 0 Å². The molecule has 9 nitrogen and oxygen atoms in total. The molecule has 4 aromatic rings. The number of aryl methyl sites for hydroxylation is 1. The van der Waals surface area contributed by atoms with Crippen LogP contribution in [0.4, 0.5) is 5.69 Å². The highest BCUT2D eigenvalue weighted by atomic mass is 32.2. The van der Waals surface area contributed by atoms with E-state index in [1.54, 1.807) is 30.3 Å². The zero-order chi connectivity index (χ0) is 23.9. The van der Waals surface area contributed by atoms with Crippen molar-refractivity contribution in [2.24, 2.45) is 5.16 Å². The van der Waals surface area contributed by atoms with Gasteiger partial charge in [0.05, 0.1) is 33.4 Å². The summed E-state index contributed by atoms with van der Waals surface area (Å²) < 4.78 is 29.4. The van der Waals surface area contributed by atoms with Crippen LogP contribution < -0.4 is 15.6 Å². The van der Waals surface area contributed by atoms with Gasteiger partial charge in [-0.05, 0) is 48.7 Å². The molecule has 0 amide bonds. The van der Waals surface area contributed by atoms with E-state index in [1.165, 1.54) is 28.6 Å². The number of sulfonamides is 1. The van der Waals surface area contributed by atoms with Crippen LogP contribution in [0, 0.1) is 0 Å². The molecule has 0 aliphatic carbocycles. The molecular weight excluding hydrogens is 456 g/mol. The standard InChI is InChI=1S/C24H20N4O5S/c29-23-22-17(15-25-31)7-3-11-20(22)26-24(30)28(23)18-9-4-10-19(14-18)34(32,33)27-13-5-8-16-6-1-2-12-21(16)27/h1-4,6-7,9-12,14-15,31H,5,8,13H2,(H,26,30)/b25-15-. The van der Waals surface area contributed by atoms with Crippen LogP contribution >= 0.6 is 0 Å². The third kappa shape index (κ3) is 3.48. The summed E-state index contributed by atoms with van der Waals surface area (Å²) in [5.41, 5.74) is 0.901. The van der Waals surface area contributed by atoms with Crippen molar-refractivity contribution in [2.75, 3.05) is 10.8 Å². The molecule has 5 rings (SSSR count). The molecule has 0 bridgehead atoms. The second kappa shape index (κ2) is 8.31. The van der Waals surface area contributed by atoms with Crippen molar-refractivity contribution in [3.05, 3.63) is 98.7 Å². The maximum atomic E-state index is 13.6. The van der Waals surface area contributed by atoms with Crippen LogP contribution in [-0.2, 0) is 16.4 Å². The molecule has 0 fully saturated rings. The molecule has 0 saturated carbocycles. The summed E-state index contributed by atoms with van der Waals surface area (Å²) >= 11 is 0. The zero-order valence-corrected chi connectivity index (χ0v) is 18.7. The van der Waals surface area contributed by atoms with Gasteiger partial charge >= 0.3 is 5.69 Å². The number of H-pyrrole nitrogens is 1. The Hall–Kier alpha value is -4.18. The molecule has 0 saturated heterocycles. The lowest BCUT2D eigenvalue weighted by Crippen LogP contribution is -2.36. The van der Waals surface area contributed by atoms with Gasteiger partial charge in [-0.25, -0.2) is 17.8 Å². The molecule has 172 valence electrons. The number of aromatic amines is 1.